The van der Waals surface area contributed by atoms with E-state index in [1.54, 1.807) is 0 Å². The minimum atomic E-state index is -1.84. The van der Waals surface area contributed by atoms with Gasteiger partial charge in [-0.15, -0.1) is 0 Å². The van der Waals surface area contributed by atoms with Gasteiger partial charge in [0.05, 0.1) is 6.61 Å². The molecule has 0 aliphatic carbocycles. The molecular weight excluding hydrogens is 284 g/mol. The summed E-state index contributed by atoms with van der Waals surface area (Å²) in [6.45, 7) is -0.303. The minimum absolute atomic E-state index is 0.00230. The molecule has 1 saturated heterocycles. The molecule has 1 aromatic rings. The Kier molecular flexibility index (Phi) is 4.11. The maximum atomic E-state index is 11.8. The van der Waals surface area contributed by atoms with Gasteiger partial charge in [0.15, 0.2) is 6.23 Å². The number of methoxy groups -OCH3 is 1. The number of aliphatic hydroxyl groups excluding tert-OH is 2. The lowest BCUT2D eigenvalue weighted by molar-refractivity contribution is -0.131. The first-order valence-corrected chi connectivity index (χ1v) is 5.89. The van der Waals surface area contributed by atoms with Crippen molar-refractivity contribution in [3.63, 3.8) is 0 Å². The third kappa shape index (κ3) is 2.55. The van der Waals surface area contributed by atoms with Crippen LogP contribution in [-0.4, -0.2) is 51.4 Å². The molecule has 1 aromatic heterocycles. The van der Waals surface area contributed by atoms with Crippen molar-refractivity contribution in [1.29, 1.82) is 0 Å². The number of aliphatic hydroxyl groups is 2. The second kappa shape index (κ2) is 5.68. The Bertz CT molecular complexity index is 629. The summed E-state index contributed by atoms with van der Waals surface area (Å²) in [4.78, 5) is 17.8. The van der Waals surface area contributed by atoms with Gasteiger partial charge in [0.25, 0.3) is 0 Å². The summed E-state index contributed by atoms with van der Waals surface area (Å²) >= 11 is 0. The van der Waals surface area contributed by atoms with Gasteiger partial charge in [0, 0.05) is 18.2 Å². The molecule has 0 spiro atoms. The van der Waals surface area contributed by atoms with Crippen molar-refractivity contribution in [2.45, 2.75) is 24.2 Å². The Balaban J connectivity index is 2.43. The zero-order valence-electron chi connectivity index (χ0n) is 11.0. The Morgan fingerprint density at radius 3 is 3.00 bits per heavy atom. The molecule has 0 unspecified atom stereocenters. The Hall–Kier alpha value is -2.17. The van der Waals surface area contributed by atoms with Crippen LogP contribution < -0.4 is 11.4 Å². The van der Waals surface area contributed by atoms with Gasteiger partial charge in [-0.2, -0.15) is 4.98 Å². The zero-order chi connectivity index (χ0) is 15.6. The summed E-state index contributed by atoms with van der Waals surface area (Å²) in [5.41, 5.74) is 11.4. The number of ether oxygens (including phenoxy) is 2. The predicted octanol–water partition coefficient (Wildman–Crippen LogP) is -1.27. The zero-order valence-corrected chi connectivity index (χ0v) is 11.0. The van der Waals surface area contributed by atoms with Crippen LogP contribution in [0.3, 0.4) is 0 Å². The van der Waals surface area contributed by atoms with Crippen LogP contribution in [0.1, 0.15) is 6.23 Å². The standard InChI is InChI=1S/C10H14N6O5/c1-20-4-10(14-15-12)7(18)6(17)8(21-10)16-3-2-5(11)13-9(16)19/h2-3,6-8,17-18H,4H2,1H3,(H2,11,13,19)/t6-,7-,8+,10+/m0/s1. The van der Waals surface area contributed by atoms with Crippen molar-refractivity contribution in [2.24, 2.45) is 5.11 Å². The number of azide groups is 1. The average Bonchev–Trinajstić information content (AvgIpc) is 2.66. The SMILES string of the molecule is COC[C@@]1(N=[N+]=[N-])O[C@@H](n2ccc(N)nc2=O)[C@@H](O)[C@@H]1O. The molecule has 1 aliphatic heterocycles. The highest BCUT2D eigenvalue weighted by atomic mass is 16.6. The summed E-state index contributed by atoms with van der Waals surface area (Å²) in [5.74, 6) is 0.00230. The van der Waals surface area contributed by atoms with E-state index < -0.39 is 29.9 Å². The number of nitrogen functional groups attached to an aromatic ring is 1. The van der Waals surface area contributed by atoms with Crippen LogP contribution >= 0.6 is 0 Å². The summed E-state index contributed by atoms with van der Waals surface area (Å²) < 4.78 is 11.2. The number of hydrogen-bond acceptors (Lipinski definition) is 8. The molecule has 0 aromatic carbocycles. The first kappa shape index (κ1) is 15.2. The third-order valence-corrected chi connectivity index (χ3v) is 3.09. The van der Waals surface area contributed by atoms with Crippen LogP contribution in [0.25, 0.3) is 10.4 Å². The van der Waals surface area contributed by atoms with E-state index in [0.29, 0.717) is 0 Å². The lowest BCUT2D eigenvalue weighted by Gasteiger charge is -2.25. The maximum absolute atomic E-state index is 11.8. The van der Waals surface area contributed by atoms with Gasteiger partial charge in [-0.05, 0) is 11.6 Å². The van der Waals surface area contributed by atoms with Crippen molar-refractivity contribution in [2.75, 3.05) is 19.5 Å². The van der Waals surface area contributed by atoms with E-state index in [9.17, 15) is 15.0 Å². The first-order valence-electron chi connectivity index (χ1n) is 5.89. The molecule has 4 atom stereocenters. The van der Waals surface area contributed by atoms with Gasteiger partial charge >= 0.3 is 5.69 Å². The smallest absolute Gasteiger partial charge is 0.351 e. The fraction of sp³-hybridized carbons (Fsp3) is 0.600. The summed E-state index contributed by atoms with van der Waals surface area (Å²) in [5, 5.41) is 23.5. The normalized spacial score (nSPS) is 31.9. The quantitative estimate of drug-likeness (QED) is 0.353. The third-order valence-electron chi connectivity index (χ3n) is 3.09. The van der Waals surface area contributed by atoms with Crippen molar-refractivity contribution in [3.8, 4) is 0 Å². The Morgan fingerprint density at radius 1 is 1.71 bits per heavy atom. The van der Waals surface area contributed by atoms with Crippen LogP contribution in [0.5, 0.6) is 0 Å². The van der Waals surface area contributed by atoms with Crippen molar-refractivity contribution in [1.82, 2.24) is 9.55 Å². The van der Waals surface area contributed by atoms with Crippen LogP contribution in [0.4, 0.5) is 5.82 Å². The number of anilines is 1. The summed E-state index contributed by atoms with van der Waals surface area (Å²) in [6.07, 6.45) is -3.14. The van der Waals surface area contributed by atoms with E-state index in [2.05, 4.69) is 15.0 Å². The second-order valence-corrected chi connectivity index (χ2v) is 4.45. The monoisotopic (exact) mass is 298 g/mol. The predicted molar refractivity (Wildman–Crippen MR) is 68.8 cm³/mol. The number of nitrogens with two attached hydrogens (primary N) is 1. The van der Waals surface area contributed by atoms with E-state index in [1.165, 1.54) is 19.4 Å². The van der Waals surface area contributed by atoms with E-state index in [4.69, 9.17) is 20.7 Å². The summed E-state index contributed by atoms with van der Waals surface area (Å²) in [7, 11) is 1.31. The molecule has 1 aliphatic rings. The van der Waals surface area contributed by atoms with E-state index in [0.717, 1.165) is 4.57 Å². The Labute approximate surface area is 118 Å². The molecule has 114 valence electrons. The van der Waals surface area contributed by atoms with Crippen molar-refractivity contribution < 1.29 is 19.7 Å². The molecule has 11 heteroatoms. The first-order chi connectivity index (χ1) is 9.95. The van der Waals surface area contributed by atoms with E-state index >= 15 is 0 Å². The molecule has 0 saturated carbocycles. The molecule has 0 amide bonds. The molecule has 4 N–H and O–H groups in total. The van der Waals surface area contributed by atoms with Gasteiger partial charge in [0.1, 0.15) is 18.0 Å². The lowest BCUT2D eigenvalue weighted by Crippen LogP contribution is -2.44. The molecule has 2 rings (SSSR count). The average molecular weight is 298 g/mol. The minimum Gasteiger partial charge on any atom is -0.387 e. The van der Waals surface area contributed by atoms with Crippen molar-refractivity contribution in [3.05, 3.63) is 33.2 Å². The molecule has 21 heavy (non-hydrogen) atoms. The van der Waals surface area contributed by atoms with E-state index in [1.807, 2.05) is 0 Å². The number of aromatic nitrogens is 2. The van der Waals surface area contributed by atoms with Gasteiger partial charge in [-0.3, -0.25) is 4.57 Å². The fourth-order valence-electron chi connectivity index (χ4n) is 2.13. The highest BCUT2D eigenvalue weighted by Gasteiger charge is 2.55. The highest BCUT2D eigenvalue weighted by molar-refractivity contribution is 5.23. The van der Waals surface area contributed by atoms with E-state index in [-0.39, 0.29) is 12.4 Å². The molecule has 2 heterocycles. The fourth-order valence-corrected chi connectivity index (χ4v) is 2.13. The molecule has 0 bridgehead atoms. The highest BCUT2D eigenvalue weighted by Crippen LogP contribution is 2.38. The molecule has 0 radical (unpaired) electrons. The second-order valence-electron chi connectivity index (χ2n) is 4.45. The molecular formula is C10H14N6O5. The van der Waals surface area contributed by atoms with Crippen molar-refractivity contribution >= 4 is 5.82 Å². The van der Waals surface area contributed by atoms with Crippen LogP contribution in [0.15, 0.2) is 22.2 Å². The molecule has 1 fully saturated rings. The number of nitrogens with zero attached hydrogens (tertiary/aromatic N) is 5. The van der Waals surface area contributed by atoms with Gasteiger partial charge < -0.3 is 25.4 Å². The number of hydrogen-bond donors (Lipinski definition) is 3. The van der Waals surface area contributed by atoms with Crippen LogP contribution in [-0.2, 0) is 9.47 Å². The van der Waals surface area contributed by atoms with Gasteiger partial charge in [0.2, 0.25) is 5.72 Å². The van der Waals surface area contributed by atoms with Crippen LogP contribution in [0.2, 0.25) is 0 Å². The number of rotatable bonds is 4. The largest absolute Gasteiger partial charge is 0.387 e. The van der Waals surface area contributed by atoms with Gasteiger partial charge in [-0.25, -0.2) is 4.79 Å². The van der Waals surface area contributed by atoms with Crippen LogP contribution in [0, 0.1) is 0 Å². The molecule has 11 nitrogen and oxygen atoms in total. The van der Waals surface area contributed by atoms with Gasteiger partial charge in [-0.1, -0.05) is 5.11 Å². The summed E-state index contributed by atoms with van der Waals surface area (Å²) in [6, 6.07) is 1.33. The maximum Gasteiger partial charge on any atom is 0.351 e. The Morgan fingerprint density at radius 2 is 2.43 bits per heavy atom. The lowest BCUT2D eigenvalue weighted by atomic mass is 10.1. The topological polar surface area (TPSA) is 169 Å².